The van der Waals surface area contributed by atoms with Crippen molar-refractivity contribution in [1.82, 2.24) is 9.55 Å². The molecule has 0 N–H and O–H groups in total. The molecule has 0 aromatic carbocycles. The Balaban J connectivity index is 2.77. The van der Waals surface area contributed by atoms with Gasteiger partial charge in [0.2, 0.25) is 0 Å². The summed E-state index contributed by atoms with van der Waals surface area (Å²) in [6.45, 7) is 4.67. The van der Waals surface area contributed by atoms with Crippen molar-refractivity contribution in [3.05, 3.63) is 27.1 Å². The molecule has 0 atom stereocenters. The van der Waals surface area contributed by atoms with Gasteiger partial charge in [0.25, 0.3) is 5.56 Å². The van der Waals surface area contributed by atoms with Gasteiger partial charge in [-0.25, -0.2) is 4.98 Å². The molecule has 0 radical (unpaired) electrons. The van der Waals surface area contributed by atoms with Gasteiger partial charge in [-0.05, 0) is 19.4 Å². The largest absolute Gasteiger partial charge is 0.298 e. The van der Waals surface area contributed by atoms with Gasteiger partial charge in [-0.2, -0.15) is 0 Å². The summed E-state index contributed by atoms with van der Waals surface area (Å²) in [6, 6.07) is 0. The highest BCUT2D eigenvalue weighted by Gasteiger charge is 2.11. The van der Waals surface area contributed by atoms with Crippen molar-refractivity contribution in [1.29, 1.82) is 0 Å². The number of hydrogen-bond donors (Lipinski definition) is 0. The Kier molecular flexibility index (Phi) is 2.93. The molecule has 0 bridgehead atoms. The van der Waals surface area contributed by atoms with Gasteiger partial charge >= 0.3 is 0 Å². The number of fused-ring (bicyclic) bond motifs is 1. The second kappa shape index (κ2) is 4.06. The second-order valence-corrected chi connectivity index (χ2v) is 5.39. The minimum absolute atomic E-state index is 0.0706. The number of aryl methyl sites for hydroxylation is 3. The molecule has 2 heterocycles. The molecule has 5 heteroatoms. The first kappa shape index (κ1) is 10.8. The summed E-state index contributed by atoms with van der Waals surface area (Å²) in [5, 5.41) is 1.54. The van der Waals surface area contributed by atoms with Crippen molar-refractivity contribution >= 4 is 37.5 Å². The Hall–Kier alpha value is -0.680. The zero-order valence-electron chi connectivity index (χ0n) is 8.58. The maximum Gasteiger partial charge on any atom is 0.262 e. The maximum absolute atomic E-state index is 12.1. The van der Waals surface area contributed by atoms with Crippen LogP contribution in [-0.4, -0.2) is 14.9 Å². The summed E-state index contributed by atoms with van der Waals surface area (Å²) < 4.78 is 1.65. The Morgan fingerprint density at radius 3 is 2.93 bits per heavy atom. The van der Waals surface area contributed by atoms with Crippen LogP contribution < -0.4 is 5.56 Å². The molecule has 0 saturated carbocycles. The highest BCUT2D eigenvalue weighted by atomic mass is 79.9. The van der Waals surface area contributed by atoms with E-state index in [4.69, 9.17) is 0 Å². The summed E-state index contributed by atoms with van der Waals surface area (Å²) in [6.07, 6.45) is 1.63. The Morgan fingerprint density at radius 2 is 2.27 bits per heavy atom. The number of halogens is 1. The average molecular weight is 287 g/mol. The Labute approximate surface area is 99.9 Å². The van der Waals surface area contributed by atoms with E-state index in [1.165, 1.54) is 4.88 Å². The molecule has 80 valence electrons. The number of nitrogens with zero attached hydrogens (tertiary/aromatic N) is 2. The van der Waals surface area contributed by atoms with Crippen molar-refractivity contribution < 1.29 is 0 Å². The van der Waals surface area contributed by atoms with E-state index in [2.05, 4.69) is 20.9 Å². The minimum atomic E-state index is 0.0706. The van der Waals surface area contributed by atoms with Crippen LogP contribution in [0.2, 0.25) is 0 Å². The van der Waals surface area contributed by atoms with Gasteiger partial charge in [-0.15, -0.1) is 11.3 Å². The molecule has 0 aliphatic carbocycles. The number of thiophene rings is 1. The number of alkyl halides is 1. The topological polar surface area (TPSA) is 34.9 Å². The molecule has 0 aliphatic heterocycles. The van der Waals surface area contributed by atoms with Crippen LogP contribution in [0.1, 0.15) is 10.4 Å². The smallest absolute Gasteiger partial charge is 0.262 e. The fraction of sp³-hybridized carbons (Fsp3) is 0.400. The molecule has 15 heavy (non-hydrogen) atoms. The standard InChI is InChI=1S/C10H11BrN2OS/c1-6-7(2)15-9-8(6)10(14)13(4-3-11)5-12-9/h5H,3-4H2,1-2H3. The van der Waals surface area contributed by atoms with Gasteiger partial charge < -0.3 is 0 Å². The molecule has 0 spiro atoms. The van der Waals surface area contributed by atoms with Crippen LogP contribution in [0, 0.1) is 13.8 Å². The normalized spacial score (nSPS) is 11.1. The molecule has 2 rings (SSSR count). The molecular weight excluding hydrogens is 276 g/mol. The van der Waals surface area contributed by atoms with Gasteiger partial charge in [0, 0.05) is 16.8 Å². The van der Waals surface area contributed by atoms with E-state index < -0.39 is 0 Å². The lowest BCUT2D eigenvalue weighted by molar-refractivity contribution is 0.729. The second-order valence-electron chi connectivity index (χ2n) is 3.40. The van der Waals surface area contributed by atoms with Crippen LogP contribution >= 0.6 is 27.3 Å². The van der Waals surface area contributed by atoms with E-state index in [0.29, 0.717) is 6.54 Å². The molecule has 0 fully saturated rings. The summed E-state index contributed by atoms with van der Waals surface area (Å²) in [5.41, 5.74) is 1.14. The van der Waals surface area contributed by atoms with Gasteiger partial charge in [0.05, 0.1) is 11.7 Å². The minimum Gasteiger partial charge on any atom is -0.298 e. The number of rotatable bonds is 2. The van der Waals surface area contributed by atoms with E-state index in [9.17, 15) is 4.79 Å². The van der Waals surface area contributed by atoms with E-state index in [-0.39, 0.29) is 5.56 Å². The molecule has 2 aromatic rings. The molecule has 0 unspecified atom stereocenters. The van der Waals surface area contributed by atoms with E-state index >= 15 is 0 Å². The number of hydrogen-bond acceptors (Lipinski definition) is 3. The molecule has 2 aromatic heterocycles. The Morgan fingerprint density at radius 1 is 1.53 bits per heavy atom. The van der Waals surface area contributed by atoms with Crippen LogP contribution in [-0.2, 0) is 6.54 Å². The highest BCUT2D eigenvalue weighted by Crippen LogP contribution is 2.25. The average Bonchev–Trinajstić information content (AvgIpc) is 2.49. The fourth-order valence-electron chi connectivity index (χ4n) is 1.52. The van der Waals surface area contributed by atoms with E-state index in [1.807, 2.05) is 13.8 Å². The Bertz CT molecular complexity index is 558. The zero-order valence-corrected chi connectivity index (χ0v) is 11.0. The van der Waals surface area contributed by atoms with Crippen LogP contribution in [0.4, 0.5) is 0 Å². The third kappa shape index (κ3) is 1.74. The van der Waals surface area contributed by atoms with Crippen molar-refractivity contribution in [2.75, 3.05) is 5.33 Å². The molecule has 0 amide bonds. The van der Waals surface area contributed by atoms with Crippen molar-refractivity contribution in [2.45, 2.75) is 20.4 Å². The van der Waals surface area contributed by atoms with E-state index in [0.717, 1.165) is 21.1 Å². The summed E-state index contributed by atoms with van der Waals surface area (Å²) in [7, 11) is 0. The predicted molar refractivity (Wildman–Crippen MR) is 67.1 cm³/mol. The van der Waals surface area contributed by atoms with Crippen molar-refractivity contribution in [3.8, 4) is 0 Å². The van der Waals surface area contributed by atoms with Gasteiger partial charge in [0.1, 0.15) is 4.83 Å². The highest BCUT2D eigenvalue weighted by molar-refractivity contribution is 9.09. The van der Waals surface area contributed by atoms with Crippen LogP contribution in [0.3, 0.4) is 0 Å². The summed E-state index contributed by atoms with van der Waals surface area (Å²) >= 11 is 4.91. The lowest BCUT2D eigenvalue weighted by atomic mass is 10.2. The van der Waals surface area contributed by atoms with E-state index in [1.54, 1.807) is 22.2 Å². The molecule has 0 saturated heterocycles. The zero-order chi connectivity index (χ0) is 11.0. The monoisotopic (exact) mass is 286 g/mol. The first-order chi connectivity index (χ1) is 7.15. The fourth-order valence-corrected chi connectivity index (χ4v) is 2.89. The first-order valence-corrected chi connectivity index (χ1v) is 6.60. The van der Waals surface area contributed by atoms with Gasteiger partial charge in [-0.1, -0.05) is 15.9 Å². The third-order valence-corrected chi connectivity index (χ3v) is 3.95. The lowest BCUT2D eigenvalue weighted by Crippen LogP contribution is -2.21. The third-order valence-electron chi connectivity index (χ3n) is 2.48. The molecule has 0 aliphatic rings. The maximum atomic E-state index is 12.1. The van der Waals surface area contributed by atoms with Crippen molar-refractivity contribution in [2.24, 2.45) is 0 Å². The summed E-state index contributed by atoms with van der Waals surface area (Å²) in [4.78, 5) is 18.4. The van der Waals surface area contributed by atoms with Gasteiger partial charge in [-0.3, -0.25) is 9.36 Å². The van der Waals surface area contributed by atoms with Crippen LogP contribution in [0.5, 0.6) is 0 Å². The number of aromatic nitrogens is 2. The summed E-state index contributed by atoms with van der Waals surface area (Å²) in [5.74, 6) is 0. The quantitative estimate of drug-likeness (QED) is 0.795. The van der Waals surface area contributed by atoms with Crippen molar-refractivity contribution in [3.63, 3.8) is 0 Å². The first-order valence-electron chi connectivity index (χ1n) is 4.66. The molecular formula is C10H11BrN2OS. The van der Waals surface area contributed by atoms with Gasteiger partial charge in [0.15, 0.2) is 0 Å². The van der Waals surface area contributed by atoms with Crippen LogP contribution in [0.25, 0.3) is 10.2 Å². The SMILES string of the molecule is Cc1sc2ncn(CCBr)c(=O)c2c1C. The van der Waals surface area contributed by atoms with Crippen LogP contribution in [0.15, 0.2) is 11.1 Å². The predicted octanol–water partition coefficient (Wildman–Crippen LogP) is 2.47. The molecule has 3 nitrogen and oxygen atoms in total. The lowest BCUT2D eigenvalue weighted by Gasteiger charge is -2.01.